The molecule has 0 aromatic heterocycles. The van der Waals surface area contributed by atoms with Crippen LogP contribution in [0.1, 0.15) is 27.7 Å². The van der Waals surface area contributed by atoms with Crippen molar-refractivity contribution in [2.75, 3.05) is 0 Å². The third-order valence-electron chi connectivity index (χ3n) is 0.802. The Hall–Kier alpha value is -1.31. The second-order valence-corrected chi connectivity index (χ2v) is 1.43. The van der Waals surface area contributed by atoms with Gasteiger partial charge in [0.25, 0.3) is 0 Å². The summed E-state index contributed by atoms with van der Waals surface area (Å²) >= 11 is 0. The first-order valence-corrected chi connectivity index (χ1v) is 4.47. The summed E-state index contributed by atoms with van der Waals surface area (Å²) in [4.78, 5) is 10.4. The highest BCUT2D eigenvalue weighted by Crippen LogP contribution is 1.92. The molecule has 2 nitrogen and oxygen atoms in total. The van der Waals surface area contributed by atoms with Crippen LogP contribution in [0.3, 0.4) is 0 Å². The summed E-state index contributed by atoms with van der Waals surface area (Å²) in [6.45, 7) is 14.8. The first-order valence-electron chi connectivity index (χ1n) is 4.47. The summed E-state index contributed by atoms with van der Waals surface area (Å²) in [5.74, 6) is -0.482. The van der Waals surface area contributed by atoms with Crippen LogP contribution >= 0.6 is 0 Å². The van der Waals surface area contributed by atoms with Gasteiger partial charge in [0, 0.05) is 5.57 Å². The van der Waals surface area contributed by atoms with Crippen LogP contribution in [-0.4, -0.2) is 5.91 Å². The van der Waals surface area contributed by atoms with Crippen molar-refractivity contribution in [3.63, 3.8) is 0 Å². The number of rotatable bonds is 3. The number of carbonyl (C=O) groups excluding carboxylic acids is 1. The number of nitrogens with two attached hydrogens (primary N) is 1. The fraction of sp³-hybridized carbons (Fsp3) is 0.364. The Labute approximate surface area is 81.8 Å². The van der Waals surface area contributed by atoms with Crippen molar-refractivity contribution in [1.29, 1.82) is 0 Å². The summed E-state index contributed by atoms with van der Waals surface area (Å²) in [6, 6.07) is 0. The highest BCUT2D eigenvalue weighted by atomic mass is 16.1. The van der Waals surface area contributed by atoms with Gasteiger partial charge in [0.1, 0.15) is 0 Å². The van der Waals surface area contributed by atoms with Crippen molar-refractivity contribution >= 4 is 5.91 Å². The summed E-state index contributed by atoms with van der Waals surface area (Å²) in [6.07, 6.45) is 4.39. The summed E-state index contributed by atoms with van der Waals surface area (Å²) in [5.41, 5.74) is 5.29. The largest absolute Gasteiger partial charge is 0.366 e. The van der Waals surface area contributed by atoms with Crippen LogP contribution in [-0.2, 0) is 4.79 Å². The lowest BCUT2D eigenvalue weighted by atomic mass is 10.2. The first-order chi connectivity index (χ1) is 6.22. The molecule has 0 radical (unpaired) electrons. The highest BCUT2D eigenvalue weighted by molar-refractivity contribution is 5.94. The number of carbonyl (C=O) groups is 1. The van der Waals surface area contributed by atoms with Crippen molar-refractivity contribution in [3.8, 4) is 0 Å². The van der Waals surface area contributed by atoms with E-state index in [0.717, 1.165) is 0 Å². The van der Waals surface area contributed by atoms with Gasteiger partial charge in [0.15, 0.2) is 0 Å². The molecular weight excluding hydrogens is 162 g/mol. The Bertz CT molecular complexity index is 169. The Morgan fingerprint density at radius 2 is 1.54 bits per heavy atom. The van der Waals surface area contributed by atoms with Gasteiger partial charge >= 0.3 is 0 Å². The standard InChI is InChI=1S/C7H9NO.2C2H6/c1-3-5-6(4-2)7(8)9;2*1-2/h3-5H,1-2H2,(H2,8,9);2*1-2H3/b6-5+;;. The number of primary amides is 1. The van der Waals surface area contributed by atoms with Crippen molar-refractivity contribution in [1.82, 2.24) is 0 Å². The number of allylic oxidation sites excluding steroid dienone is 2. The van der Waals surface area contributed by atoms with Crippen molar-refractivity contribution < 1.29 is 4.79 Å². The second kappa shape index (κ2) is 17.0. The van der Waals surface area contributed by atoms with E-state index in [-0.39, 0.29) is 0 Å². The van der Waals surface area contributed by atoms with Crippen LogP contribution in [0.25, 0.3) is 0 Å². The number of hydrogen-bond acceptors (Lipinski definition) is 1. The molecule has 1 amide bonds. The van der Waals surface area contributed by atoms with Crippen molar-refractivity contribution in [3.05, 3.63) is 37.0 Å². The molecular formula is C11H21NO. The number of hydrogen-bond donors (Lipinski definition) is 1. The molecule has 0 heterocycles. The molecule has 13 heavy (non-hydrogen) atoms. The number of amides is 1. The lowest BCUT2D eigenvalue weighted by Gasteiger charge is -1.88. The smallest absolute Gasteiger partial charge is 0.248 e. The molecule has 0 aromatic carbocycles. The van der Waals surface area contributed by atoms with E-state index in [4.69, 9.17) is 5.73 Å². The van der Waals surface area contributed by atoms with Gasteiger partial charge in [-0.05, 0) is 0 Å². The lowest BCUT2D eigenvalue weighted by Crippen LogP contribution is -2.11. The molecule has 0 spiro atoms. The van der Waals surface area contributed by atoms with Gasteiger partial charge in [-0.15, -0.1) is 0 Å². The van der Waals surface area contributed by atoms with E-state index in [1.54, 1.807) is 0 Å². The zero-order valence-electron chi connectivity index (χ0n) is 9.13. The minimum atomic E-state index is -0.482. The Morgan fingerprint density at radius 3 is 1.62 bits per heavy atom. The summed E-state index contributed by atoms with van der Waals surface area (Å²) < 4.78 is 0. The third kappa shape index (κ3) is 13.7. The van der Waals surface area contributed by atoms with Gasteiger partial charge in [-0.25, -0.2) is 0 Å². The molecule has 0 atom stereocenters. The van der Waals surface area contributed by atoms with Gasteiger partial charge in [0.05, 0.1) is 0 Å². The molecule has 0 aliphatic rings. The molecule has 0 rings (SSSR count). The first kappa shape index (κ1) is 17.7. The Balaban J connectivity index is -0.000000218. The molecule has 0 bridgehead atoms. The second-order valence-electron chi connectivity index (χ2n) is 1.43. The molecule has 0 aromatic rings. The van der Waals surface area contributed by atoms with E-state index in [1.165, 1.54) is 18.2 Å². The maximum Gasteiger partial charge on any atom is 0.248 e. The molecule has 0 saturated carbocycles. The molecule has 0 unspecified atom stereocenters. The molecule has 0 fully saturated rings. The normalized spacial score (nSPS) is 8.15. The Kier molecular flexibility index (Phi) is 23.1. The zero-order valence-corrected chi connectivity index (χ0v) is 9.13. The van der Waals surface area contributed by atoms with E-state index >= 15 is 0 Å². The van der Waals surface area contributed by atoms with Crippen LogP contribution in [0.2, 0.25) is 0 Å². The zero-order chi connectivity index (χ0) is 11.3. The molecule has 0 aliphatic carbocycles. The van der Waals surface area contributed by atoms with Crippen molar-refractivity contribution in [2.24, 2.45) is 5.73 Å². The average Bonchev–Trinajstić information content (AvgIpc) is 2.20. The van der Waals surface area contributed by atoms with E-state index < -0.39 is 5.91 Å². The SMILES string of the molecule is C=C/C=C(\C=C)C(N)=O.CC.CC. The topological polar surface area (TPSA) is 43.1 Å². The fourth-order valence-electron chi connectivity index (χ4n) is 0.378. The van der Waals surface area contributed by atoms with E-state index in [2.05, 4.69) is 13.2 Å². The maximum atomic E-state index is 10.4. The highest BCUT2D eigenvalue weighted by Gasteiger charge is 1.94. The average molecular weight is 183 g/mol. The van der Waals surface area contributed by atoms with E-state index in [0.29, 0.717) is 5.57 Å². The minimum Gasteiger partial charge on any atom is -0.366 e. The van der Waals surface area contributed by atoms with Crippen LogP contribution < -0.4 is 5.73 Å². The predicted molar refractivity (Wildman–Crippen MR) is 60.4 cm³/mol. The minimum absolute atomic E-state index is 0.380. The van der Waals surface area contributed by atoms with Gasteiger partial charge in [0.2, 0.25) is 5.91 Å². The van der Waals surface area contributed by atoms with Crippen LogP contribution in [0, 0.1) is 0 Å². The molecule has 0 saturated heterocycles. The molecule has 76 valence electrons. The van der Waals surface area contributed by atoms with Gasteiger partial charge in [-0.2, -0.15) is 0 Å². The van der Waals surface area contributed by atoms with Gasteiger partial charge in [-0.3, -0.25) is 4.79 Å². The van der Waals surface area contributed by atoms with Crippen LogP contribution in [0.15, 0.2) is 37.0 Å². The van der Waals surface area contributed by atoms with Gasteiger partial charge < -0.3 is 5.73 Å². The van der Waals surface area contributed by atoms with Gasteiger partial charge in [-0.1, -0.05) is 59.1 Å². The van der Waals surface area contributed by atoms with E-state index in [1.807, 2.05) is 27.7 Å². The quantitative estimate of drug-likeness (QED) is 0.530. The van der Waals surface area contributed by atoms with E-state index in [9.17, 15) is 4.79 Å². The lowest BCUT2D eigenvalue weighted by molar-refractivity contribution is -0.114. The molecule has 2 heteroatoms. The fourth-order valence-corrected chi connectivity index (χ4v) is 0.378. The maximum absolute atomic E-state index is 10.4. The van der Waals surface area contributed by atoms with Crippen LogP contribution in [0.4, 0.5) is 0 Å². The summed E-state index contributed by atoms with van der Waals surface area (Å²) in [7, 11) is 0. The van der Waals surface area contributed by atoms with Crippen molar-refractivity contribution in [2.45, 2.75) is 27.7 Å². The monoisotopic (exact) mass is 183 g/mol. The predicted octanol–water partition coefficient (Wildman–Crippen LogP) is 2.82. The van der Waals surface area contributed by atoms with Crippen LogP contribution in [0.5, 0.6) is 0 Å². The summed E-state index contributed by atoms with van der Waals surface area (Å²) in [5, 5.41) is 0. The Morgan fingerprint density at radius 1 is 1.15 bits per heavy atom. The third-order valence-corrected chi connectivity index (χ3v) is 0.802. The molecule has 2 N–H and O–H groups in total. The molecule has 0 aliphatic heterocycles.